The Balaban J connectivity index is 2.01. The van der Waals surface area contributed by atoms with E-state index >= 15 is 0 Å². The molecule has 0 unspecified atom stereocenters. The van der Waals surface area contributed by atoms with Crippen LogP contribution in [0.15, 0.2) is 48.5 Å². The summed E-state index contributed by atoms with van der Waals surface area (Å²) in [5.74, 6) is 0.297. The first-order valence-electron chi connectivity index (χ1n) is 7.70. The molecule has 0 saturated carbocycles. The Morgan fingerprint density at radius 1 is 0.958 bits per heavy atom. The first kappa shape index (κ1) is 17.5. The standard InChI is InChI=1S/C19H21NO4/c1-4-24-17-11-9-15(10-12-17)18(21)20(2)13-14-5-7-16(8-6-14)19(22)23-3/h5-12H,4,13H2,1-3H3. The van der Waals surface area contributed by atoms with Crippen molar-refractivity contribution in [3.8, 4) is 5.75 Å². The van der Waals surface area contributed by atoms with E-state index in [4.69, 9.17) is 4.74 Å². The molecule has 0 heterocycles. The highest BCUT2D eigenvalue weighted by atomic mass is 16.5. The van der Waals surface area contributed by atoms with Crippen molar-refractivity contribution in [2.75, 3.05) is 20.8 Å². The second-order valence-electron chi connectivity index (χ2n) is 5.31. The predicted octanol–water partition coefficient (Wildman–Crippen LogP) is 3.14. The molecule has 0 bridgehead atoms. The molecule has 2 aromatic rings. The topological polar surface area (TPSA) is 55.8 Å². The zero-order chi connectivity index (χ0) is 17.5. The number of esters is 1. The lowest BCUT2D eigenvalue weighted by molar-refractivity contribution is 0.0600. The van der Waals surface area contributed by atoms with E-state index in [0.717, 1.165) is 11.3 Å². The quantitative estimate of drug-likeness (QED) is 0.765. The molecule has 0 aromatic heterocycles. The predicted molar refractivity (Wildman–Crippen MR) is 91.2 cm³/mol. The normalized spacial score (nSPS) is 10.1. The van der Waals surface area contributed by atoms with E-state index in [-0.39, 0.29) is 11.9 Å². The van der Waals surface area contributed by atoms with Crippen LogP contribution < -0.4 is 4.74 Å². The number of hydrogen-bond acceptors (Lipinski definition) is 4. The van der Waals surface area contributed by atoms with Crippen LogP contribution in [-0.4, -0.2) is 37.5 Å². The molecule has 5 nitrogen and oxygen atoms in total. The lowest BCUT2D eigenvalue weighted by Gasteiger charge is -2.17. The number of methoxy groups -OCH3 is 1. The van der Waals surface area contributed by atoms with Gasteiger partial charge in [-0.1, -0.05) is 12.1 Å². The molecule has 2 rings (SSSR count). The van der Waals surface area contributed by atoms with Gasteiger partial charge < -0.3 is 14.4 Å². The van der Waals surface area contributed by atoms with Crippen LogP contribution in [0.4, 0.5) is 0 Å². The van der Waals surface area contributed by atoms with Crippen molar-refractivity contribution in [1.82, 2.24) is 4.90 Å². The molecule has 0 atom stereocenters. The van der Waals surface area contributed by atoms with Crippen LogP contribution in [-0.2, 0) is 11.3 Å². The maximum atomic E-state index is 12.5. The van der Waals surface area contributed by atoms with Crippen LogP contribution >= 0.6 is 0 Å². The van der Waals surface area contributed by atoms with E-state index in [0.29, 0.717) is 24.3 Å². The maximum Gasteiger partial charge on any atom is 0.337 e. The summed E-state index contributed by atoms with van der Waals surface area (Å²) in [5, 5.41) is 0. The summed E-state index contributed by atoms with van der Waals surface area (Å²) in [7, 11) is 3.09. The number of benzene rings is 2. The third kappa shape index (κ3) is 4.35. The van der Waals surface area contributed by atoms with E-state index in [2.05, 4.69) is 4.74 Å². The molecule has 0 spiro atoms. The van der Waals surface area contributed by atoms with Crippen molar-refractivity contribution >= 4 is 11.9 Å². The Morgan fingerprint density at radius 2 is 1.54 bits per heavy atom. The molecule has 0 saturated heterocycles. The average Bonchev–Trinajstić information content (AvgIpc) is 2.62. The number of amides is 1. The highest BCUT2D eigenvalue weighted by Crippen LogP contribution is 2.15. The minimum absolute atomic E-state index is 0.0740. The van der Waals surface area contributed by atoms with Gasteiger partial charge in [0.05, 0.1) is 19.3 Å². The summed E-state index contributed by atoms with van der Waals surface area (Å²) >= 11 is 0. The van der Waals surface area contributed by atoms with Crippen molar-refractivity contribution in [2.24, 2.45) is 0 Å². The lowest BCUT2D eigenvalue weighted by Crippen LogP contribution is -2.26. The van der Waals surface area contributed by atoms with Crippen LogP contribution in [0.2, 0.25) is 0 Å². The van der Waals surface area contributed by atoms with Crippen molar-refractivity contribution in [2.45, 2.75) is 13.5 Å². The molecule has 0 aliphatic heterocycles. The molecular weight excluding hydrogens is 306 g/mol. The van der Waals surface area contributed by atoms with Gasteiger partial charge in [0.25, 0.3) is 5.91 Å². The smallest absolute Gasteiger partial charge is 0.337 e. The Hall–Kier alpha value is -2.82. The van der Waals surface area contributed by atoms with Gasteiger partial charge in [-0.2, -0.15) is 0 Å². The van der Waals surface area contributed by atoms with Gasteiger partial charge in [0.15, 0.2) is 0 Å². The fraction of sp³-hybridized carbons (Fsp3) is 0.263. The second-order valence-corrected chi connectivity index (χ2v) is 5.31. The summed E-state index contributed by atoms with van der Waals surface area (Å²) in [5.41, 5.74) is 2.03. The highest BCUT2D eigenvalue weighted by molar-refractivity contribution is 5.94. The van der Waals surface area contributed by atoms with Crippen molar-refractivity contribution in [3.63, 3.8) is 0 Å². The van der Waals surface area contributed by atoms with Gasteiger partial charge >= 0.3 is 5.97 Å². The van der Waals surface area contributed by atoms with Crippen LogP contribution in [0, 0.1) is 0 Å². The molecule has 0 aliphatic carbocycles. The van der Waals surface area contributed by atoms with Crippen LogP contribution in [0.1, 0.15) is 33.2 Å². The van der Waals surface area contributed by atoms with Crippen LogP contribution in [0.5, 0.6) is 5.75 Å². The van der Waals surface area contributed by atoms with Crippen molar-refractivity contribution in [1.29, 1.82) is 0 Å². The third-order valence-electron chi connectivity index (χ3n) is 3.55. The monoisotopic (exact) mass is 327 g/mol. The second kappa shape index (κ2) is 8.15. The number of ether oxygens (including phenoxy) is 2. The molecule has 5 heteroatoms. The van der Waals surface area contributed by atoms with Gasteiger partial charge in [0.1, 0.15) is 5.75 Å². The largest absolute Gasteiger partial charge is 0.494 e. The first-order chi connectivity index (χ1) is 11.5. The fourth-order valence-electron chi connectivity index (χ4n) is 2.29. The van der Waals surface area contributed by atoms with Gasteiger partial charge in [-0.3, -0.25) is 4.79 Å². The Kier molecular flexibility index (Phi) is 5.95. The molecule has 1 amide bonds. The van der Waals surface area contributed by atoms with E-state index in [1.807, 2.05) is 19.1 Å². The van der Waals surface area contributed by atoms with E-state index in [1.54, 1.807) is 48.3 Å². The number of rotatable bonds is 6. The Labute approximate surface area is 141 Å². The minimum atomic E-state index is -0.375. The SMILES string of the molecule is CCOc1ccc(C(=O)N(C)Cc2ccc(C(=O)OC)cc2)cc1. The number of nitrogens with zero attached hydrogens (tertiary/aromatic N) is 1. The fourth-order valence-corrected chi connectivity index (χ4v) is 2.29. The Bertz CT molecular complexity index is 692. The number of carbonyl (C=O) groups is 2. The molecule has 24 heavy (non-hydrogen) atoms. The van der Waals surface area contributed by atoms with Crippen molar-refractivity contribution in [3.05, 3.63) is 65.2 Å². The van der Waals surface area contributed by atoms with Gasteiger partial charge in [-0.05, 0) is 48.9 Å². The maximum absolute atomic E-state index is 12.5. The number of hydrogen-bond donors (Lipinski definition) is 0. The van der Waals surface area contributed by atoms with E-state index in [9.17, 15) is 9.59 Å². The summed E-state index contributed by atoms with van der Waals surface area (Å²) in [6.45, 7) is 2.96. The minimum Gasteiger partial charge on any atom is -0.494 e. The molecule has 0 fully saturated rings. The first-order valence-corrected chi connectivity index (χ1v) is 7.70. The van der Waals surface area contributed by atoms with Crippen LogP contribution in [0.25, 0.3) is 0 Å². The summed E-state index contributed by atoms with van der Waals surface area (Å²) in [6.07, 6.45) is 0. The van der Waals surface area contributed by atoms with Gasteiger partial charge in [-0.25, -0.2) is 4.79 Å². The summed E-state index contributed by atoms with van der Waals surface area (Å²) < 4.78 is 10.0. The lowest BCUT2D eigenvalue weighted by atomic mass is 10.1. The van der Waals surface area contributed by atoms with Gasteiger partial charge in [0.2, 0.25) is 0 Å². The molecule has 2 aromatic carbocycles. The molecular formula is C19H21NO4. The van der Waals surface area contributed by atoms with Gasteiger partial charge in [0, 0.05) is 19.2 Å². The van der Waals surface area contributed by atoms with E-state index < -0.39 is 0 Å². The molecule has 0 radical (unpaired) electrons. The molecule has 0 aliphatic rings. The van der Waals surface area contributed by atoms with Crippen LogP contribution in [0.3, 0.4) is 0 Å². The Morgan fingerprint density at radius 3 is 2.08 bits per heavy atom. The molecule has 0 N–H and O–H groups in total. The van der Waals surface area contributed by atoms with E-state index in [1.165, 1.54) is 7.11 Å². The van der Waals surface area contributed by atoms with Crippen molar-refractivity contribution < 1.29 is 19.1 Å². The zero-order valence-electron chi connectivity index (χ0n) is 14.1. The van der Waals surface area contributed by atoms with Gasteiger partial charge in [-0.15, -0.1) is 0 Å². The zero-order valence-corrected chi connectivity index (χ0v) is 14.1. The third-order valence-corrected chi connectivity index (χ3v) is 3.55. The highest BCUT2D eigenvalue weighted by Gasteiger charge is 2.13. The molecule has 126 valence electrons. The number of carbonyl (C=O) groups excluding carboxylic acids is 2. The summed E-state index contributed by atoms with van der Waals surface area (Å²) in [4.78, 5) is 25.5. The summed E-state index contributed by atoms with van der Waals surface area (Å²) in [6, 6.07) is 14.1. The average molecular weight is 327 g/mol.